The lowest BCUT2D eigenvalue weighted by Crippen LogP contribution is -2.44. The number of piperidine rings is 1. The standard InChI is InChI=1S/C17H27N3O3/c1-11(2)8-15(17(22)23)19-16(21)14(9-18)10-20-12(3)6-5-7-13(20)4/h10-13,15H,5-8H2,1-4H3,(H,19,21)(H,22,23)/b14-10-. The van der Waals surface area contributed by atoms with E-state index in [0.717, 1.165) is 19.3 Å². The maximum atomic E-state index is 12.3. The Hall–Kier alpha value is -2.03. The number of nitriles is 1. The van der Waals surface area contributed by atoms with Crippen LogP contribution in [0.25, 0.3) is 0 Å². The van der Waals surface area contributed by atoms with Crippen molar-refractivity contribution in [1.82, 2.24) is 10.2 Å². The molecule has 0 aromatic rings. The van der Waals surface area contributed by atoms with Crippen molar-refractivity contribution >= 4 is 11.9 Å². The van der Waals surface area contributed by atoms with E-state index in [0.29, 0.717) is 6.42 Å². The Morgan fingerprint density at radius 2 is 1.91 bits per heavy atom. The van der Waals surface area contributed by atoms with Gasteiger partial charge >= 0.3 is 5.97 Å². The third-order valence-corrected chi connectivity index (χ3v) is 4.22. The molecule has 1 rings (SSSR count). The quantitative estimate of drug-likeness (QED) is 0.578. The van der Waals surface area contributed by atoms with Gasteiger partial charge in [0.25, 0.3) is 5.91 Å². The molecule has 0 aromatic heterocycles. The molecule has 6 nitrogen and oxygen atoms in total. The molecule has 128 valence electrons. The van der Waals surface area contributed by atoms with Gasteiger partial charge in [0.05, 0.1) is 0 Å². The predicted octanol–water partition coefficient (Wildman–Crippen LogP) is 2.27. The van der Waals surface area contributed by atoms with Gasteiger partial charge in [0.1, 0.15) is 17.7 Å². The van der Waals surface area contributed by atoms with Crippen molar-refractivity contribution in [2.75, 3.05) is 0 Å². The third-order valence-electron chi connectivity index (χ3n) is 4.22. The molecule has 0 aliphatic carbocycles. The molecule has 0 bridgehead atoms. The first-order valence-corrected chi connectivity index (χ1v) is 8.19. The van der Waals surface area contributed by atoms with Crippen LogP contribution < -0.4 is 5.32 Å². The maximum absolute atomic E-state index is 12.3. The van der Waals surface area contributed by atoms with Crippen molar-refractivity contribution < 1.29 is 14.7 Å². The van der Waals surface area contributed by atoms with Gasteiger partial charge in [0, 0.05) is 18.3 Å². The van der Waals surface area contributed by atoms with Crippen molar-refractivity contribution in [1.29, 1.82) is 5.26 Å². The zero-order valence-corrected chi connectivity index (χ0v) is 14.4. The summed E-state index contributed by atoms with van der Waals surface area (Å²) in [5.41, 5.74) is -0.0411. The summed E-state index contributed by atoms with van der Waals surface area (Å²) in [5.74, 6) is -1.57. The molecule has 3 unspecified atom stereocenters. The van der Waals surface area contributed by atoms with E-state index < -0.39 is 17.9 Å². The van der Waals surface area contributed by atoms with Gasteiger partial charge in [-0.15, -0.1) is 0 Å². The summed E-state index contributed by atoms with van der Waals surface area (Å²) in [7, 11) is 0. The van der Waals surface area contributed by atoms with Crippen molar-refractivity contribution in [3.05, 3.63) is 11.8 Å². The molecular weight excluding hydrogens is 294 g/mol. The summed E-state index contributed by atoms with van der Waals surface area (Å²) >= 11 is 0. The molecule has 0 spiro atoms. The number of hydrogen-bond acceptors (Lipinski definition) is 4. The predicted molar refractivity (Wildman–Crippen MR) is 87.3 cm³/mol. The fraction of sp³-hybridized carbons (Fsp3) is 0.706. The maximum Gasteiger partial charge on any atom is 0.326 e. The lowest BCUT2D eigenvalue weighted by atomic mass is 9.98. The van der Waals surface area contributed by atoms with Gasteiger partial charge in [-0.1, -0.05) is 13.8 Å². The van der Waals surface area contributed by atoms with Crippen LogP contribution in [0.3, 0.4) is 0 Å². The van der Waals surface area contributed by atoms with Crippen LogP contribution in [0.15, 0.2) is 11.8 Å². The van der Waals surface area contributed by atoms with Crippen molar-refractivity contribution in [2.24, 2.45) is 5.92 Å². The Bertz CT molecular complexity index is 498. The average Bonchev–Trinajstić information content (AvgIpc) is 2.45. The van der Waals surface area contributed by atoms with Crippen LogP contribution in [-0.2, 0) is 9.59 Å². The number of nitrogens with one attached hydrogen (secondary N) is 1. The summed E-state index contributed by atoms with van der Waals surface area (Å²) in [5, 5.41) is 20.9. The molecule has 1 heterocycles. The van der Waals surface area contributed by atoms with E-state index >= 15 is 0 Å². The Kier molecular flexibility index (Phi) is 7.08. The molecule has 6 heteroatoms. The van der Waals surface area contributed by atoms with Gasteiger partial charge in [-0.05, 0) is 45.4 Å². The first kappa shape index (κ1) is 19.0. The number of carboxylic acid groups (broad SMARTS) is 1. The van der Waals surface area contributed by atoms with Crippen LogP contribution in [-0.4, -0.2) is 40.0 Å². The Morgan fingerprint density at radius 1 is 1.35 bits per heavy atom. The molecular formula is C17H27N3O3. The lowest BCUT2D eigenvalue weighted by molar-refractivity contribution is -0.141. The lowest BCUT2D eigenvalue weighted by Gasteiger charge is -2.38. The first-order chi connectivity index (χ1) is 10.8. The summed E-state index contributed by atoms with van der Waals surface area (Å²) in [6.45, 7) is 7.91. The molecule has 1 amide bonds. The van der Waals surface area contributed by atoms with Crippen LogP contribution >= 0.6 is 0 Å². The Morgan fingerprint density at radius 3 is 2.35 bits per heavy atom. The highest BCUT2D eigenvalue weighted by atomic mass is 16.4. The van der Waals surface area contributed by atoms with Gasteiger partial charge in [-0.25, -0.2) is 4.79 Å². The minimum atomic E-state index is -1.08. The average molecular weight is 321 g/mol. The van der Waals surface area contributed by atoms with E-state index in [1.807, 2.05) is 24.8 Å². The van der Waals surface area contributed by atoms with Crippen LogP contribution in [0.2, 0.25) is 0 Å². The van der Waals surface area contributed by atoms with Crippen LogP contribution in [0.5, 0.6) is 0 Å². The van der Waals surface area contributed by atoms with Gasteiger partial charge in [-0.2, -0.15) is 5.26 Å². The van der Waals surface area contributed by atoms with Crippen LogP contribution in [0.1, 0.15) is 53.4 Å². The number of aliphatic carboxylic acids is 1. The number of hydrogen-bond donors (Lipinski definition) is 2. The van der Waals surface area contributed by atoms with Crippen LogP contribution in [0.4, 0.5) is 0 Å². The molecule has 2 N–H and O–H groups in total. The van der Waals surface area contributed by atoms with Crippen molar-refractivity contribution in [2.45, 2.75) is 71.5 Å². The highest BCUT2D eigenvalue weighted by Crippen LogP contribution is 2.23. The van der Waals surface area contributed by atoms with Gasteiger partial charge in [0.15, 0.2) is 0 Å². The summed E-state index contributed by atoms with van der Waals surface area (Å²) < 4.78 is 0. The first-order valence-electron chi connectivity index (χ1n) is 8.19. The van der Waals surface area contributed by atoms with E-state index in [4.69, 9.17) is 0 Å². The molecule has 3 atom stereocenters. The Labute approximate surface area is 138 Å². The second-order valence-electron chi connectivity index (χ2n) is 6.72. The number of amides is 1. The summed E-state index contributed by atoms with van der Waals surface area (Å²) in [6.07, 6.45) is 5.09. The van der Waals surface area contributed by atoms with E-state index in [9.17, 15) is 20.0 Å². The highest BCUT2D eigenvalue weighted by molar-refractivity contribution is 5.99. The summed E-state index contributed by atoms with van der Waals surface area (Å²) in [6, 6.07) is 1.46. The fourth-order valence-corrected chi connectivity index (χ4v) is 2.91. The molecule has 1 fully saturated rings. The second-order valence-corrected chi connectivity index (χ2v) is 6.72. The minimum absolute atomic E-state index is 0.0411. The topological polar surface area (TPSA) is 93.4 Å². The number of carbonyl (C=O) groups is 2. The minimum Gasteiger partial charge on any atom is -0.480 e. The normalized spacial score (nSPS) is 23.3. The molecule has 0 radical (unpaired) electrons. The summed E-state index contributed by atoms with van der Waals surface area (Å²) in [4.78, 5) is 25.5. The van der Waals surface area contributed by atoms with Gasteiger partial charge < -0.3 is 15.3 Å². The molecule has 1 aliphatic heterocycles. The van der Waals surface area contributed by atoms with Gasteiger partial charge in [-0.3, -0.25) is 4.79 Å². The van der Waals surface area contributed by atoms with E-state index in [1.165, 1.54) is 0 Å². The van der Waals surface area contributed by atoms with E-state index in [1.54, 1.807) is 6.20 Å². The number of nitrogens with zero attached hydrogens (tertiary/aromatic N) is 2. The zero-order chi connectivity index (χ0) is 17.6. The number of carbonyl (C=O) groups excluding carboxylic acids is 1. The highest BCUT2D eigenvalue weighted by Gasteiger charge is 2.26. The zero-order valence-electron chi connectivity index (χ0n) is 14.4. The van der Waals surface area contributed by atoms with E-state index in [-0.39, 0.29) is 23.6 Å². The molecule has 0 saturated carbocycles. The smallest absolute Gasteiger partial charge is 0.326 e. The van der Waals surface area contributed by atoms with Gasteiger partial charge in [0.2, 0.25) is 0 Å². The van der Waals surface area contributed by atoms with Crippen molar-refractivity contribution in [3.63, 3.8) is 0 Å². The number of likely N-dealkylation sites (tertiary alicyclic amines) is 1. The monoisotopic (exact) mass is 321 g/mol. The Balaban J connectivity index is 2.87. The van der Waals surface area contributed by atoms with E-state index in [2.05, 4.69) is 19.2 Å². The molecule has 23 heavy (non-hydrogen) atoms. The molecule has 0 aromatic carbocycles. The van der Waals surface area contributed by atoms with Crippen LogP contribution in [0, 0.1) is 17.2 Å². The SMILES string of the molecule is CC(C)CC(NC(=O)/C(C#N)=C\N1C(C)CCCC1C)C(=O)O. The second kappa shape index (κ2) is 8.56. The molecule has 1 aliphatic rings. The largest absolute Gasteiger partial charge is 0.480 e. The number of rotatable bonds is 6. The molecule has 1 saturated heterocycles. The fourth-order valence-electron chi connectivity index (χ4n) is 2.91. The van der Waals surface area contributed by atoms with Crippen molar-refractivity contribution in [3.8, 4) is 6.07 Å². The number of carboxylic acids is 1. The third kappa shape index (κ3) is 5.59.